The van der Waals surface area contributed by atoms with E-state index in [4.69, 9.17) is 0 Å². The molecule has 1 aliphatic rings. The molecule has 118 valence electrons. The predicted molar refractivity (Wildman–Crippen MR) is 86.4 cm³/mol. The zero-order valence-corrected chi connectivity index (χ0v) is 13.9. The standard InChI is InChI=1S/C16H26N2O2S/c1-13(2)18(3)21(19,20)17-16-11-9-15(10-12-16)14-7-5-4-6-8-14/h4-8,13,15-17H,9-12H2,1-3H3. The zero-order valence-electron chi connectivity index (χ0n) is 13.1. The number of benzene rings is 1. The molecule has 0 saturated heterocycles. The summed E-state index contributed by atoms with van der Waals surface area (Å²) in [7, 11) is -1.73. The van der Waals surface area contributed by atoms with Gasteiger partial charge in [0.05, 0.1) is 0 Å². The summed E-state index contributed by atoms with van der Waals surface area (Å²) in [5.41, 5.74) is 1.37. The summed E-state index contributed by atoms with van der Waals surface area (Å²) in [6, 6.07) is 10.6. The fourth-order valence-corrected chi connectivity index (χ4v) is 4.22. The largest absolute Gasteiger partial charge is 0.279 e. The SMILES string of the molecule is CC(C)N(C)S(=O)(=O)NC1CCC(c2ccccc2)CC1. The molecule has 1 aliphatic carbocycles. The molecular formula is C16H26N2O2S. The molecule has 2 rings (SSSR count). The van der Waals surface area contributed by atoms with Crippen molar-refractivity contribution < 1.29 is 8.42 Å². The van der Waals surface area contributed by atoms with Gasteiger partial charge in [0.2, 0.25) is 0 Å². The Kier molecular flexibility index (Phi) is 5.41. The first-order chi connectivity index (χ1) is 9.90. The third-order valence-corrected chi connectivity index (χ3v) is 6.23. The van der Waals surface area contributed by atoms with Crippen LogP contribution in [0.3, 0.4) is 0 Å². The van der Waals surface area contributed by atoms with Crippen molar-refractivity contribution in [3.63, 3.8) is 0 Å². The Bertz CT molecular complexity index is 535. The van der Waals surface area contributed by atoms with E-state index in [1.165, 1.54) is 9.87 Å². The highest BCUT2D eigenvalue weighted by molar-refractivity contribution is 7.87. The molecule has 0 unspecified atom stereocenters. The van der Waals surface area contributed by atoms with Crippen LogP contribution in [-0.2, 0) is 10.2 Å². The van der Waals surface area contributed by atoms with Gasteiger partial charge in [-0.05, 0) is 51.0 Å². The van der Waals surface area contributed by atoms with Gasteiger partial charge >= 0.3 is 0 Å². The van der Waals surface area contributed by atoms with Crippen LogP contribution in [0.1, 0.15) is 51.0 Å². The lowest BCUT2D eigenvalue weighted by atomic mass is 9.82. The van der Waals surface area contributed by atoms with Crippen molar-refractivity contribution >= 4 is 10.2 Å². The van der Waals surface area contributed by atoms with E-state index in [9.17, 15) is 8.42 Å². The molecule has 0 amide bonds. The Morgan fingerprint density at radius 1 is 1.10 bits per heavy atom. The monoisotopic (exact) mass is 310 g/mol. The van der Waals surface area contributed by atoms with Crippen LogP contribution in [0, 0.1) is 0 Å². The first-order valence-corrected chi connectivity index (χ1v) is 9.14. The van der Waals surface area contributed by atoms with Crippen molar-refractivity contribution in [1.29, 1.82) is 0 Å². The van der Waals surface area contributed by atoms with Crippen LogP contribution in [0.25, 0.3) is 0 Å². The average molecular weight is 310 g/mol. The molecule has 0 spiro atoms. The first kappa shape index (κ1) is 16.5. The summed E-state index contributed by atoms with van der Waals surface area (Å²) in [6.07, 6.45) is 3.90. The lowest BCUT2D eigenvalue weighted by Crippen LogP contribution is -2.47. The molecule has 21 heavy (non-hydrogen) atoms. The second kappa shape index (κ2) is 6.90. The highest BCUT2D eigenvalue weighted by Gasteiger charge is 2.28. The second-order valence-corrected chi connectivity index (χ2v) is 7.95. The molecule has 1 fully saturated rings. The number of hydrogen-bond acceptors (Lipinski definition) is 2. The van der Waals surface area contributed by atoms with Gasteiger partial charge in [-0.3, -0.25) is 0 Å². The van der Waals surface area contributed by atoms with E-state index >= 15 is 0 Å². The molecule has 0 radical (unpaired) electrons. The fourth-order valence-electron chi connectivity index (χ4n) is 2.84. The topological polar surface area (TPSA) is 49.4 Å². The number of hydrogen-bond donors (Lipinski definition) is 1. The lowest BCUT2D eigenvalue weighted by molar-refractivity contribution is 0.352. The Hall–Kier alpha value is -0.910. The zero-order chi connectivity index (χ0) is 15.5. The molecule has 5 heteroatoms. The minimum atomic E-state index is -3.36. The molecule has 1 aromatic carbocycles. The van der Waals surface area contributed by atoms with E-state index in [2.05, 4.69) is 29.0 Å². The minimum absolute atomic E-state index is 0.0249. The normalized spacial score (nSPS) is 23.7. The summed E-state index contributed by atoms with van der Waals surface area (Å²) < 4.78 is 28.7. The van der Waals surface area contributed by atoms with Gasteiger partial charge in [0.15, 0.2) is 0 Å². The van der Waals surface area contributed by atoms with Crippen LogP contribution in [0.15, 0.2) is 30.3 Å². The van der Waals surface area contributed by atoms with Crippen LogP contribution in [0.2, 0.25) is 0 Å². The van der Waals surface area contributed by atoms with Gasteiger partial charge < -0.3 is 0 Å². The number of nitrogens with zero attached hydrogens (tertiary/aromatic N) is 1. The van der Waals surface area contributed by atoms with Crippen molar-refractivity contribution in [3.05, 3.63) is 35.9 Å². The molecular weight excluding hydrogens is 284 g/mol. The maximum atomic E-state index is 12.2. The van der Waals surface area contributed by atoms with E-state index in [0.29, 0.717) is 5.92 Å². The van der Waals surface area contributed by atoms with Gasteiger partial charge in [-0.25, -0.2) is 0 Å². The molecule has 1 saturated carbocycles. The van der Waals surface area contributed by atoms with Gasteiger partial charge in [0.1, 0.15) is 0 Å². The van der Waals surface area contributed by atoms with Gasteiger partial charge in [-0.15, -0.1) is 0 Å². The molecule has 4 nitrogen and oxygen atoms in total. The van der Waals surface area contributed by atoms with Crippen LogP contribution >= 0.6 is 0 Å². The van der Waals surface area contributed by atoms with Crippen molar-refractivity contribution in [3.8, 4) is 0 Å². The molecule has 0 aromatic heterocycles. The second-order valence-electron chi connectivity index (χ2n) is 6.19. The van der Waals surface area contributed by atoms with E-state index in [1.807, 2.05) is 19.9 Å². The number of rotatable bonds is 5. The van der Waals surface area contributed by atoms with E-state index in [1.54, 1.807) is 7.05 Å². The lowest BCUT2D eigenvalue weighted by Gasteiger charge is -2.31. The summed E-state index contributed by atoms with van der Waals surface area (Å²) in [5.74, 6) is 0.565. The molecule has 0 atom stereocenters. The Balaban J connectivity index is 1.90. The minimum Gasteiger partial charge on any atom is -0.199 e. The molecule has 0 aliphatic heterocycles. The highest BCUT2D eigenvalue weighted by Crippen LogP contribution is 2.32. The highest BCUT2D eigenvalue weighted by atomic mass is 32.2. The van der Waals surface area contributed by atoms with Crippen LogP contribution in [0.5, 0.6) is 0 Å². The van der Waals surface area contributed by atoms with Crippen molar-refractivity contribution in [1.82, 2.24) is 9.03 Å². The van der Waals surface area contributed by atoms with E-state index in [-0.39, 0.29) is 12.1 Å². The first-order valence-electron chi connectivity index (χ1n) is 7.70. The Morgan fingerprint density at radius 3 is 2.19 bits per heavy atom. The fraction of sp³-hybridized carbons (Fsp3) is 0.625. The molecule has 0 bridgehead atoms. The third-order valence-electron chi connectivity index (χ3n) is 4.42. The van der Waals surface area contributed by atoms with Gasteiger partial charge in [0, 0.05) is 19.1 Å². The van der Waals surface area contributed by atoms with Crippen LogP contribution in [0.4, 0.5) is 0 Å². The van der Waals surface area contributed by atoms with Crippen molar-refractivity contribution in [2.75, 3.05) is 7.05 Å². The summed E-state index contributed by atoms with van der Waals surface area (Å²) >= 11 is 0. The smallest absolute Gasteiger partial charge is 0.199 e. The van der Waals surface area contributed by atoms with E-state index in [0.717, 1.165) is 25.7 Å². The third kappa shape index (κ3) is 4.28. The van der Waals surface area contributed by atoms with E-state index < -0.39 is 10.2 Å². The maximum absolute atomic E-state index is 12.2. The molecule has 1 aromatic rings. The average Bonchev–Trinajstić information content (AvgIpc) is 2.47. The molecule has 0 heterocycles. The summed E-state index contributed by atoms with van der Waals surface area (Å²) in [4.78, 5) is 0. The van der Waals surface area contributed by atoms with Gasteiger partial charge in [-0.2, -0.15) is 17.4 Å². The Labute approximate surface area is 128 Å². The Morgan fingerprint density at radius 2 is 1.67 bits per heavy atom. The predicted octanol–water partition coefficient (Wildman–Crippen LogP) is 2.89. The van der Waals surface area contributed by atoms with Crippen molar-refractivity contribution in [2.45, 2.75) is 57.5 Å². The number of nitrogens with one attached hydrogen (secondary N) is 1. The van der Waals surface area contributed by atoms with Crippen molar-refractivity contribution in [2.24, 2.45) is 0 Å². The summed E-state index contributed by atoms with van der Waals surface area (Å²) in [5, 5.41) is 0. The van der Waals surface area contributed by atoms with Crippen LogP contribution in [-0.4, -0.2) is 31.9 Å². The van der Waals surface area contributed by atoms with Gasteiger partial charge in [-0.1, -0.05) is 30.3 Å². The molecule has 1 N–H and O–H groups in total. The van der Waals surface area contributed by atoms with Crippen LogP contribution < -0.4 is 4.72 Å². The van der Waals surface area contributed by atoms with Gasteiger partial charge in [0.25, 0.3) is 10.2 Å². The maximum Gasteiger partial charge on any atom is 0.279 e. The summed E-state index contributed by atoms with van der Waals surface area (Å²) in [6.45, 7) is 3.76. The quantitative estimate of drug-likeness (QED) is 0.909.